The molecule has 190 valence electrons. The van der Waals surface area contributed by atoms with Crippen LogP contribution in [-0.4, -0.2) is 36.4 Å². The summed E-state index contributed by atoms with van der Waals surface area (Å²) >= 11 is 0. The molecule has 3 aromatic rings. The average molecular weight is 504 g/mol. The Balaban J connectivity index is 1.70. The molecule has 0 fully saturated rings. The van der Waals surface area contributed by atoms with Crippen LogP contribution < -0.4 is 9.64 Å². The summed E-state index contributed by atoms with van der Waals surface area (Å²) in [4.78, 5) is 12.6. The summed E-state index contributed by atoms with van der Waals surface area (Å²) in [5.74, 6) is -2.49. The van der Waals surface area contributed by atoms with Crippen LogP contribution in [0.25, 0.3) is 10.9 Å². The molecule has 12 heteroatoms. The van der Waals surface area contributed by atoms with Crippen molar-refractivity contribution in [2.45, 2.75) is 38.5 Å². The number of anilines is 1. The number of hydrogen-bond acceptors (Lipinski definition) is 5. The van der Waals surface area contributed by atoms with Gasteiger partial charge in [0.05, 0.1) is 23.1 Å². The third kappa shape index (κ3) is 5.80. The molecule has 0 unspecified atom stereocenters. The van der Waals surface area contributed by atoms with Crippen LogP contribution in [0.4, 0.5) is 32.0 Å². The van der Waals surface area contributed by atoms with E-state index < -0.39 is 35.2 Å². The molecule has 0 aliphatic heterocycles. The van der Waals surface area contributed by atoms with Gasteiger partial charge in [0.2, 0.25) is 5.76 Å². The van der Waals surface area contributed by atoms with Crippen LogP contribution in [0.15, 0.2) is 34.9 Å². The number of carboxylic acid groups (broad SMARTS) is 1. The second-order valence-electron chi connectivity index (χ2n) is 7.85. The Bertz CT molecular complexity index is 1200. The lowest BCUT2D eigenvalue weighted by Crippen LogP contribution is -2.22. The van der Waals surface area contributed by atoms with Gasteiger partial charge in [-0.1, -0.05) is 18.5 Å². The molecule has 1 aromatic heterocycles. The maximum atomic E-state index is 13.2. The molecule has 1 heterocycles. The van der Waals surface area contributed by atoms with E-state index in [4.69, 9.17) is 9.84 Å². The van der Waals surface area contributed by atoms with Gasteiger partial charge in [-0.3, -0.25) is 0 Å². The second-order valence-corrected chi connectivity index (χ2v) is 7.85. The lowest BCUT2D eigenvalue weighted by molar-refractivity contribution is -0.154. The lowest BCUT2D eigenvalue weighted by atomic mass is 10.0. The first-order valence-corrected chi connectivity index (χ1v) is 10.6. The summed E-state index contributed by atoms with van der Waals surface area (Å²) < 4.78 is 89.4. The first-order chi connectivity index (χ1) is 16.3. The van der Waals surface area contributed by atoms with Crippen LogP contribution >= 0.6 is 0 Å². The molecule has 0 aliphatic rings. The summed E-state index contributed by atoms with van der Waals surface area (Å²) in [7, 11) is 1.55. The quantitative estimate of drug-likeness (QED) is 0.268. The van der Waals surface area contributed by atoms with Crippen LogP contribution in [-0.2, 0) is 18.8 Å². The lowest BCUT2D eigenvalue weighted by Gasteiger charge is -2.21. The zero-order chi connectivity index (χ0) is 26.0. The number of halogens is 6. The Morgan fingerprint density at radius 1 is 1.11 bits per heavy atom. The molecular formula is C23H22F6N2O4. The van der Waals surface area contributed by atoms with Gasteiger partial charge in [0.25, 0.3) is 0 Å². The number of aromatic nitrogens is 1. The summed E-state index contributed by atoms with van der Waals surface area (Å²) in [5, 5.41) is 12.4. The molecule has 0 aliphatic carbocycles. The van der Waals surface area contributed by atoms with Gasteiger partial charge in [0.1, 0.15) is 11.3 Å². The zero-order valence-corrected chi connectivity index (χ0v) is 18.8. The summed E-state index contributed by atoms with van der Waals surface area (Å²) in [6, 6.07) is 5.63. The number of nitrogens with zero attached hydrogens (tertiary/aromatic N) is 2. The highest BCUT2D eigenvalue weighted by Gasteiger charge is 2.39. The number of hydrogen-bond donors (Lipinski definition) is 1. The third-order valence-electron chi connectivity index (χ3n) is 5.35. The molecule has 3 rings (SSSR count). The summed E-state index contributed by atoms with van der Waals surface area (Å²) in [6.07, 6.45) is -8.10. The fraction of sp³-hybridized carbons (Fsp3) is 0.391. The van der Waals surface area contributed by atoms with Crippen molar-refractivity contribution in [1.82, 2.24) is 5.16 Å². The average Bonchev–Trinajstić information content (AvgIpc) is 3.21. The molecule has 0 radical (unpaired) electrons. The highest BCUT2D eigenvalue weighted by atomic mass is 19.4. The Labute approximate surface area is 196 Å². The van der Waals surface area contributed by atoms with E-state index in [0.29, 0.717) is 30.6 Å². The fourth-order valence-corrected chi connectivity index (χ4v) is 3.68. The standard InChI is InChI=1S/C23H22F6N2O4/c1-3-5-15-18(9-8-16-19(15)30-35-20(16)23(27,28)29)34-11-4-10-31(2)13-6-7-14(21(32)33)17(12-13)22(24,25)26/h6-9,12H,3-5,10-11H2,1-2H3,(H,32,33). The SMILES string of the molecule is CCCc1c(OCCCN(C)c2ccc(C(=O)O)c(C(F)(F)F)c2)ccc2c(C(F)(F)F)onc12. The number of carbonyl (C=O) groups is 1. The molecule has 6 nitrogen and oxygen atoms in total. The highest BCUT2D eigenvalue weighted by Crippen LogP contribution is 2.38. The summed E-state index contributed by atoms with van der Waals surface area (Å²) in [5.41, 5.74) is -1.34. The normalized spacial score (nSPS) is 12.2. The summed E-state index contributed by atoms with van der Waals surface area (Å²) in [6.45, 7) is 2.26. The molecule has 1 N–H and O–H groups in total. The number of benzene rings is 2. The van der Waals surface area contributed by atoms with Crippen molar-refractivity contribution in [3.05, 3.63) is 52.8 Å². The van der Waals surface area contributed by atoms with E-state index in [1.165, 1.54) is 23.1 Å². The second kappa shape index (κ2) is 10.0. The van der Waals surface area contributed by atoms with Crippen LogP contribution in [0.5, 0.6) is 5.75 Å². The Hall–Kier alpha value is -3.44. The molecule has 0 atom stereocenters. The van der Waals surface area contributed by atoms with E-state index >= 15 is 0 Å². The number of alkyl halides is 6. The van der Waals surface area contributed by atoms with E-state index in [1.54, 1.807) is 7.05 Å². The van der Waals surface area contributed by atoms with Crippen molar-refractivity contribution in [3.63, 3.8) is 0 Å². The Morgan fingerprint density at radius 3 is 2.43 bits per heavy atom. The first kappa shape index (κ1) is 26.2. The van der Waals surface area contributed by atoms with Gasteiger partial charge in [-0.2, -0.15) is 26.3 Å². The minimum absolute atomic E-state index is 0.0759. The van der Waals surface area contributed by atoms with Crippen molar-refractivity contribution in [2.75, 3.05) is 25.1 Å². The highest BCUT2D eigenvalue weighted by molar-refractivity contribution is 5.90. The number of ether oxygens (including phenoxy) is 1. The third-order valence-corrected chi connectivity index (χ3v) is 5.35. The maximum absolute atomic E-state index is 13.2. The Morgan fingerprint density at radius 2 is 1.83 bits per heavy atom. The molecule has 0 saturated heterocycles. The van der Waals surface area contributed by atoms with Crippen molar-refractivity contribution >= 4 is 22.6 Å². The Kier molecular flexibility index (Phi) is 7.51. The monoisotopic (exact) mass is 504 g/mol. The van der Waals surface area contributed by atoms with Gasteiger partial charge in [-0.15, -0.1) is 0 Å². The van der Waals surface area contributed by atoms with E-state index in [2.05, 4.69) is 9.68 Å². The first-order valence-electron chi connectivity index (χ1n) is 10.6. The van der Waals surface area contributed by atoms with Crippen molar-refractivity contribution in [3.8, 4) is 5.75 Å². The minimum Gasteiger partial charge on any atom is -0.493 e. The van der Waals surface area contributed by atoms with Gasteiger partial charge in [-0.25, -0.2) is 4.79 Å². The largest absolute Gasteiger partial charge is 0.493 e. The van der Waals surface area contributed by atoms with E-state index in [1.807, 2.05) is 6.92 Å². The predicted octanol–water partition coefficient (Wildman–Crippen LogP) is 6.42. The van der Waals surface area contributed by atoms with Crippen LogP contribution in [0, 0.1) is 0 Å². The number of aryl methyl sites for hydroxylation is 1. The van der Waals surface area contributed by atoms with Crippen molar-refractivity contribution < 1.29 is 45.5 Å². The fourth-order valence-electron chi connectivity index (χ4n) is 3.68. The number of aromatic carboxylic acids is 1. The van der Waals surface area contributed by atoms with Gasteiger partial charge in [-0.05, 0) is 43.2 Å². The topological polar surface area (TPSA) is 75.8 Å². The number of rotatable bonds is 9. The van der Waals surface area contributed by atoms with Gasteiger partial charge in [0, 0.05) is 24.8 Å². The van der Waals surface area contributed by atoms with Gasteiger partial charge in [0.15, 0.2) is 0 Å². The smallest absolute Gasteiger partial charge is 0.453 e. The van der Waals surface area contributed by atoms with Crippen LogP contribution in [0.3, 0.4) is 0 Å². The molecule has 0 bridgehead atoms. The molecule has 0 saturated carbocycles. The molecule has 2 aromatic carbocycles. The zero-order valence-electron chi connectivity index (χ0n) is 18.8. The van der Waals surface area contributed by atoms with E-state index in [9.17, 15) is 31.1 Å². The predicted molar refractivity (Wildman–Crippen MR) is 115 cm³/mol. The number of carboxylic acids is 1. The van der Waals surface area contributed by atoms with Gasteiger partial charge >= 0.3 is 18.3 Å². The molecule has 35 heavy (non-hydrogen) atoms. The maximum Gasteiger partial charge on any atom is 0.453 e. The molecular weight excluding hydrogens is 482 g/mol. The molecule has 0 spiro atoms. The number of fused-ring (bicyclic) bond motifs is 1. The minimum atomic E-state index is -4.82. The molecule has 0 amide bonds. The van der Waals surface area contributed by atoms with E-state index in [0.717, 1.165) is 12.1 Å². The van der Waals surface area contributed by atoms with E-state index in [-0.39, 0.29) is 29.7 Å². The van der Waals surface area contributed by atoms with Crippen LogP contribution in [0.1, 0.15) is 47.0 Å². The van der Waals surface area contributed by atoms with Gasteiger partial charge < -0.3 is 19.3 Å². The van der Waals surface area contributed by atoms with Crippen molar-refractivity contribution in [1.29, 1.82) is 0 Å². The van der Waals surface area contributed by atoms with Crippen molar-refractivity contribution in [2.24, 2.45) is 0 Å². The van der Waals surface area contributed by atoms with Crippen LogP contribution in [0.2, 0.25) is 0 Å².